The van der Waals surface area contributed by atoms with Crippen LogP contribution in [0.4, 0.5) is 24.5 Å². The molecule has 2 atom stereocenters. The lowest BCUT2D eigenvalue weighted by molar-refractivity contribution is -0.192. The number of rotatable bonds is 12. The molecule has 1 fully saturated rings. The molecule has 0 radical (unpaired) electrons. The van der Waals surface area contributed by atoms with Gasteiger partial charge in [0.25, 0.3) is 11.8 Å². The molecule has 2 amide bonds. The molecular weight excluding hydrogens is 589 g/mol. The van der Waals surface area contributed by atoms with E-state index in [-0.39, 0.29) is 31.4 Å². The Labute approximate surface area is 249 Å². The number of ether oxygens (including phenoxy) is 1. The smallest absolute Gasteiger partial charge is 0.475 e. The summed E-state index contributed by atoms with van der Waals surface area (Å²) in [5, 5.41) is 12.5. The van der Waals surface area contributed by atoms with E-state index in [1.807, 2.05) is 12.1 Å². The number of aliphatic carboxylic acids is 1. The molecule has 2 aliphatic rings. The number of carbonyl (C=O) groups excluding carboxylic acids is 5. The van der Waals surface area contributed by atoms with E-state index in [1.165, 1.54) is 4.90 Å². The molecule has 2 aliphatic heterocycles. The van der Waals surface area contributed by atoms with E-state index in [4.69, 9.17) is 20.4 Å². The molecule has 2 unspecified atom stereocenters. The molecule has 0 bridgehead atoms. The van der Waals surface area contributed by atoms with Crippen LogP contribution < -0.4 is 21.3 Å². The number of carboxylic acid groups (broad SMARTS) is 1. The quantitative estimate of drug-likeness (QED) is 0.118. The molecule has 236 valence electrons. The minimum absolute atomic E-state index is 0.0363. The summed E-state index contributed by atoms with van der Waals surface area (Å²) in [6, 6.07) is 11.6. The Bertz CT molecular complexity index is 1400. The maximum absolute atomic E-state index is 12.9. The molecule has 12 nitrogen and oxygen atoms in total. The average Bonchev–Trinajstić information content (AvgIpc) is 3.74. The second-order valence-electron chi connectivity index (χ2n) is 10.0. The van der Waals surface area contributed by atoms with Crippen molar-refractivity contribution >= 4 is 47.7 Å². The molecule has 0 aromatic heterocycles. The molecule has 1 saturated heterocycles. The van der Waals surface area contributed by atoms with Crippen molar-refractivity contribution in [3.63, 3.8) is 0 Å². The van der Waals surface area contributed by atoms with E-state index in [2.05, 4.69) is 10.6 Å². The first kappa shape index (κ1) is 33.9. The molecule has 0 spiro atoms. The number of amides is 2. The lowest BCUT2D eigenvalue weighted by Gasteiger charge is -2.23. The first-order chi connectivity index (χ1) is 20.9. The number of aldehydes is 2. The van der Waals surface area contributed by atoms with Crippen LogP contribution in [0.3, 0.4) is 0 Å². The van der Waals surface area contributed by atoms with E-state index in [0.29, 0.717) is 41.6 Å². The number of halogens is 3. The summed E-state index contributed by atoms with van der Waals surface area (Å²) in [5.41, 5.74) is 7.60. The summed E-state index contributed by atoms with van der Waals surface area (Å²) in [6.45, 7) is 0.489. The number of anilines is 2. The van der Waals surface area contributed by atoms with Crippen molar-refractivity contribution in [2.75, 3.05) is 18.0 Å². The van der Waals surface area contributed by atoms with Gasteiger partial charge in [0.1, 0.15) is 30.8 Å². The van der Waals surface area contributed by atoms with Crippen LogP contribution in [0.2, 0.25) is 0 Å². The second kappa shape index (κ2) is 14.7. The predicted octanol–water partition coefficient (Wildman–Crippen LogP) is 1.94. The number of carboxylic acids is 1. The number of hydrogen-bond acceptors (Lipinski definition) is 9. The second-order valence-corrected chi connectivity index (χ2v) is 10.0. The van der Waals surface area contributed by atoms with Gasteiger partial charge in [-0.1, -0.05) is 24.6 Å². The summed E-state index contributed by atoms with van der Waals surface area (Å²) in [5.74, 6) is -3.94. The minimum atomic E-state index is -5.08. The van der Waals surface area contributed by atoms with Gasteiger partial charge in [-0.3, -0.25) is 24.6 Å². The van der Waals surface area contributed by atoms with Gasteiger partial charge in [0, 0.05) is 12.1 Å². The maximum atomic E-state index is 12.9. The Hall–Kier alpha value is -4.63. The number of hydrogen-bond donors (Lipinski definition) is 4. The summed E-state index contributed by atoms with van der Waals surface area (Å²) < 4.78 is 37.0. The van der Waals surface area contributed by atoms with Crippen LogP contribution in [0.25, 0.3) is 0 Å². The number of aryl methyl sites for hydroxylation is 1. The number of esters is 1. The third kappa shape index (κ3) is 8.48. The maximum Gasteiger partial charge on any atom is 0.490 e. The highest BCUT2D eigenvalue weighted by atomic mass is 19.4. The van der Waals surface area contributed by atoms with Crippen molar-refractivity contribution in [3.05, 3.63) is 59.2 Å². The van der Waals surface area contributed by atoms with Crippen molar-refractivity contribution < 1.29 is 51.8 Å². The average molecular weight is 621 g/mol. The number of nitrogens with zero attached hydrogens (tertiary/aromatic N) is 1. The van der Waals surface area contributed by atoms with Gasteiger partial charge in [-0.15, -0.1) is 0 Å². The molecule has 44 heavy (non-hydrogen) atoms. The van der Waals surface area contributed by atoms with Crippen molar-refractivity contribution in [2.24, 2.45) is 5.73 Å². The van der Waals surface area contributed by atoms with Crippen LogP contribution in [0.5, 0.6) is 0 Å². The zero-order valence-corrected chi connectivity index (χ0v) is 23.4. The van der Waals surface area contributed by atoms with Crippen molar-refractivity contribution in [3.8, 4) is 0 Å². The lowest BCUT2D eigenvalue weighted by Crippen LogP contribution is -2.33. The zero-order chi connectivity index (χ0) is 32.5. The first-order valence-electron chi connectivity index (χ1n) is 13.5. The van der Waals surface area contributed by atoms with Gasteiger partial charge in [0.15, 0.2) is 0 Å². The molecular formula is C29H31F3N4O8. The Morgan fingerprint density at radius 3 is 2.32 bits per heavy atom. The van der Waals surface area contributed by atoms with E-state index < -0.39 is 29.7 Å². The highest BCUT2D eigenvalue weighted by Crippen LogP contribution is 2.32. The fraction of sp³-hybridized carbons (Fsp3) is 0.379. The number of alkyl halides is 3. The largest absolute Gasteiger partial charge is 0.490 e. The van der Waals surface area contributed by atoms with Crippen molar-refractivity contribution in [1.29, 1.82) is 0 Å². The molecule has 2 aromatic carbocycles. The molecule has 0 saturated carbocycles. The van der Waals surface area contributed by atoms with Gasteiger partial charge in [0.05, 0.1) is 17.8 Å². The number of unbranched alkanes of at least 4 members (excludes halogenated alkanes) is 2. The molecule has 4 rings (SSSR count). The molecule has 2 aromatic rings. The van der Waals surface area contributed by atoms with Crippen LogP contribution in [-0.4, -0.2) is 72.3 Å². The summed E-state index contributed by atoms with van der Waals surface area (Å²) in [4.78, 5) is 70.3. The molecule has 2 heterocycles. The van der Waals surface area contributed by atoms with Crippen LogP contribution in [-0.2, 0) is 41.7 Å². The van der Waals surface area contributed by atoms with Gasteiger partial charge in [0.2, 0.25) is 0 Å². The van der Waals surface area contributed by atoms with Gasteiger partial charge >= 0.3 is 18.1 Å². The summed E-state index contributed by atoms with van der Waals surface area (Å²) in [6.07, 6.45) is -0.271. The monoisotopic (exact) mass is 620 g/mol. The van der Waals surface area contributed by atoms with Crippen LogP contribution >= 0.6 is 0 Å². The van der Waals surface area contributed by atoms with Gasteiger partial charge < -0.3 is 30.5 Å². The Kier molecular flexibility index (Phi) is 11.3. The van der Waals surface area contributed by atoms with E-state index >= 15 is 0 Å². The number of carbonyl (C=O) groups is 6. The number of nitrogens with one attached hydrogen (secondary N) is 2. The standard InChI is InChI=1S/C27H30N4O6.C2HF3O2/c28-12-3-1-2-4-18-7-10-22-21(14-18)25(35)29-15-23(34)31(22)20-8-5-19(6-9-20)16-37-26(36)24-27(17-33,30-24)11-13-32;3-2(4,5)1(6)7/h5-10,13-14,17,24,30H,1-4,11-12,15-16,28H2,(H,29,35);(H,6,7). The first-order valence-corrected chi connectivity index (χ1v) is 13.5. The van der Waals surface area contributed by atoms with Crippen LogP contribution in [0.15, 0.2) is 42.5 Å². The SMILES string of the molecule is NCCCCCc1ccc2c(c1)C(=O)NCC(=O)N2c1ccc(COC(=O)C2NC2(C=O)CC=O)cc1.O=C(O)C(F)(F)F. The zero-order valence-electron chi connectivity index (χ0n) is 23.4. The fourth-order valence-corrected chi connectivity index (χ4v) is 4.45. The topological polar surface area (TPSA) is 195 Å². The number of fused-ring (bicyclic) bond motifs is 1. The van der Waals surface area contributed by atoms with Gasteiger partial charge in [-0.2, -0.15) is 13.2 Å². The highest BCUT2D eigenvalue weighted by molar-refractivity contribution is 6.12. The minimum Gasteiger partial charge on any atom is -0.475 e. The number of benzene rings is 2. The van der Waals surface area contributed by atoms with Crippen molar-refractivity contribution in [1.82, 2.24) is 10.6 Å². The van der Waals surface area contributed by atoms with E-state index in [1.54, 1.807) is 30.3 Å². The normalized spacial score (nSPS) is 19.0. The third-order valence-electron chi connectivity index (χ3n) is 6.90. The summed E-state index contributed by atoms with van der Waals surface area (Å²) in [7, 11) is 0. The number of nitrogens with two attached hydrogens (primary N) is 1. The molecule has 5 N–H and O–H groups in total. The fourth-order valence-electron chi connectivity index (χ4n) is 4.45. The van der Waals surface area contributed by atoms with Gasteiger partial charge in [-0.25, -0.2) is 4.79 Å². The highest BCUT2D eigenvalue weighted by Gasteiger charge is 2.59. The van der Waals surface area contributed by atoms with Crippen LogP contribution in [0, 0.1) is 0 Å². The van der Waals surface area contributed by atoms with Crippen LogP contribution in [0.1, 0.15) is 47.2 Å². The Morgan fingerprint density at radius 2 is 1.73 bits per heavy atom. The molecule has 15 heteroatoms. The van der Waals surface area contributed by atoms with E-state index in [0.717, 1.165) is 31.2 Å². The Balaban J connectivity index is 0.000000676. The summed E-state index contributed by atoms with van der Waals surface area (Å²) >= 11 is 0. The lowest BCUT2D eigenvalue weighted by atomic mass is 10.0. The molecule has 0 aliphatic carbocycles. The third-order valence-corrected chi connectivity index (χ3v) is 6.90. The van der Waals surface area contributed by atoms with E-state index in [9.17, 15) is 37.1 Å². The van der Waals surface area contributed by atoms with Gasteiger partial charge in [-0.05, 0) is 61.2 Å². The Morgan fingerprint density at radius 1 is 1.07 bits per heavy atom. The predicted molar refractivity (Wildman–Crippen MR) is 149 cm³/mol. The van der Waals surface area contributed by atoms with Crippen molar-refractivity contribution in [2.45, 2.75) is 56.5 Å².